The van der Waals surface area contributed by atoms with Gasteiger partial charge in [0, 0.05) is 53.4 Å². The van der Waals surface area contributed by atoms with Crippen LogP contribution < -0.4 is 5.73 Å². The lowest BCUT2D eigenvalue weighted by Crippen LogP contribution is -2.05. The highest BCUT2D eigenvalue weighted by Crippen LogP contribution is 2.41. The van der Waals surface area contributed by atoms with Gasteiger partial charge in [0.05, 0.1) is 11.9 Å². The van der Waals surface area contributed by atoms with E-state index >= 15 is 0 Å². The molecule has 5 nitrogen and oxygen atoms in total. The van der Waals surface area contributed by atoms with E-state index in [2.05, 4.69) is 40.6 Å². The fourth-order valence-electron chi connectivity index (χ4n) is 3.52. The zero-order valence-electron chi connectivity index (χ0n) is 16.3. The molecule has 1 saturated carbocycles. The molecule has 3 N–H and O–H groups in total. The number of hydrogen-bond acceptors (Lipinski definition) is 4. The number of allylic oxidation sites excluding steroid dienone is 1. The summed E-state index contributed by atoms with van der Waals surface area (Å²) in [5, 5.41) is 0. The lowest BCUT2D eigenvalue weighted by molar-refractivity contribution is 0.804. The second-order valence-corrected chi connectivity index (χ2v) is 7.73. The van der Waals surface area contributed by atoms with Gasteiger partial charge < -0.3 is 15.3 Å². The van der Waals surface area contributed by atoms with E-state index in [9.17, 15) is 0 Å². The summed E-state index contributed by atoms with van der Waals surface area (Å²) in [4.78, 5) is 12.3. The number of hydrogen-bond donors (Lipinski definition) is 2. The smallest absolute Gasteiger partial charge is 0.113 e. The Kier molecular flexibility index (Phi) is 5.13. The molecule has 28 heavy (non-hydrogen) atoms. The van der Waals surface area contributed by atoms with Crippen LogP contribution >= 0.6 is 12.2 Å². The van der Waals surface area contributed by atoms with E-state index in [-0.39, 0.29) is 0 Å². The highest BCUT2D eigenvalue weighted by molar-refractivity contribution is 7.71. The Morgan fingerprint density at radius 2 is 2.21 bits per heavy atom. The summed E-state index contributed by atoms with van der Waals surface area (Å²) in [5.74, 6) is 1.71. The summed E-state index contributed by atoms with van der Waals surface area (Å²) in [6.45, 7) is 2.14. The molecule has 0 spiro atoms. The molecule has 6 heteroatoms. The Morgan fingerprint density at radius 3 is 2.89 bits per heavy atom. The monoisotopic (exact) mass is 391 g/mol. The lowest BCUT2D eigenvalue weighted by atomic mass is 10.0. The van der Waals surface area contributed by atoms with Gasteiger partial charge in [0.15, 0.2) is 0 Å². The second kappa shape index (κ2) is 7.72. The Bertz CT molecular complexity index is 1070. The Labute approximate surface area is 170 Å². The fraction of sp³-hybridized carbons (Fsp3) is 0.318. The van der Waals surface area contributed by atoms with Crippen LogP contribution in [0, 0.1) is 4.64 Å². The van der Waals surface area contributed by atoms with Crippen molar-refractivity contribution >= 4 is 17.9 Å². The number of H-pyrrole nitrogens is 1. The van der Waals surface area contributed by atoms with Crippen LogP contribution in [0.25, 0.3) is 28.2 Å². The van der Waals surface area contributed by atoms with Crippen molar-refractivity contribution in [2.45, 2.75) is 38.5 Å². The maximum Gasteiger partial charge on any atom is 0.113 e. The molecule has 0 atom stereocenters. The van der Waals surface area contributed by atoms with Crippen LogP contribution in [0.3, 0.4) is 0 Å². The van der Waals surface area contributed by atoms with Crippen LogP contribution in [0.1, 0.15) is 49.9 Å². The minimum Gasteiger partial charge on any atom is -0.398 e. The topological polar surface area (TPSA) is 72.5 Å². The molecule has 0 unspecified atom stereocenters. The Morgan fingerprint density at radius 1 is 1.39 bits per heavy atom. The summed E-state index contributed by atoms with van der Waals surface area (Å²) in [6, 6.07) is 6.05. The number of pyridine rings is 2. The van der Waals surface area contributed by atoms with Crippen molar-refractivity contribution in [1.82, 2.24) is 19.5 Å². The first kappa shape index (κ1) is 18.6. The van der Waals surface area contributed by atoms with E-state index in [0.717, 1.165) is 46.7 Å². The molecule has 4 rings (SSSR count). The van der Waals surface area contributed by atoms with E-state index in [1.54, 1.807) is 6.20 Å². The summed E-state index contributed by atoms with van der Waals surface area (Å²) in [5.41, 5.74) is 12.0. The van der Waals surface area contributed by atoms with Gasteiger partial charge in [0.2, 0.25) is 0 Å². The molecule has 3 heterocycles. The molecule has 0 aromatic carbocycles. The van der Waals surface area contributed by atoms with Gasteiger partial charge in [-0.15, -0.1) is 0 Å². The van der Waals surface area contributed by atoms with Gasteiger partial charge in [0.1, 0.15) is 10.5 Å². The lowest BCUT2D eigenvalue weighted by Gasteiger charge is -2.14. The predicted molar refractivity (Wildman–Crippen MR) is 116 cm³/mol. The quantitative estimate of drug-likeness (QED) is 0.568. The molecule has 0 radical (unpaired) electrons. The molecule has 0 saturated heterocycles. The molecule has 0 aliphatic heterocycles. The Hall–Kier alpha value is -2.73. The number of nitrogens with two attached hydrogens (primary N) is 1. The van der Waals surface area contributed by atoms with Gasteiger partial charge in [-0.3, -0.25) is 4.98 Å². The SMILES string of the molecule is CCC/C=C(\N)c1c(-c2cnc(C3CC3)n2C)cc(-c2cccnc2)[nH]c1=S. The summed E-state index contributed by atoms with van der Waals surface area (Å²) >= 11 is 5.74. The number of nitrogens with one attached hydrogen (secondary N) is 1. The first-order valence-corrected chi connectivity index (χ1v) is 10.2. The van der Waals surface area contributed by atoms with Crippen molar-refractivity contribution in [2.75, 3.05) is 0 Å². The first-order valence-electron chi connectivity index (χ1n) is 9.75. The van der Waals surface area contributed by atoms with E-state index < -0.39 is 0 Å². The summed E-state index contributed by atoms with van der Waals surface area (Å²) in [7, 11) is 2.08. The third-order valence-corrected chi connectivity index (χ3v) is 5.50. The van der Waals surface area contributed by atoms with E-state index in [1.807, 2.05) is 24.5 Å². The number of imidazole rings is 1. The normalized spacial score (nSPS) is 14.4. The molecule has 3 aromatic rings. The molecular formula is C22H25N5S. The van der Waals surface area contributed by atoms with Crippen molar-refractivity contribution in [3.8, 4) is 22.5 Å². The van der Waals surface area contributed by atoms with Crippen molar-refractivity contribution in [1.29, 1.82) is 0 Å². The molecule has 144 valence electrons. The number of aromatic amines is 1. The van der Waals surface area contributed by atoms with Crippen LogP contribution in [0.2, 0.25) is 0 Å². The van der Waals surface area contributed by atoms with Gasteiger partial charge >= 0.3 is 0 Å². The highest BCUT2D eigenvalue weighted by atomic mass is 32.1. The van der Waals surface area contributed by atoms with E-state index in [0.29, 0.717) is 16.3 Å². The maximum atomic E-state index is 6.47. The average Bonchev–Trinajstić information content (AvgIpc) is 3.48. The maximum absolute atomic E-state index is 6.47. The third kappa shape index (κ3) is 3.52. The Balaban J connectivity index is 1.92. The average molecular weight is 392 g/mol. The van der Waals surface area contributed by atoms with Crippen LogP contribution in [0.5, 0.6) is 0 Å². The minimum absolute atomic E-state index is 0.575. The zero-order valence-corrected chi connectivity index (χ0v) is 17.1. The molecule has 1 aliphatic rings. The number of aromatic nitrogens is 4. The first-order chi connectivity index (χ1) is 13.6. The van der Waals surface area contributed by atoms with Crippen molar-refractivity contribution in [2.24, 2.45) is 12.8 Å². The molecular weight excluding hydrogens is 366 g/mol. The fourth-order valence-corrected chi connectivity index (χ4v) is 3.86. The van der Waals surface area contributed by atoms with Gasteiger partial charge in [-0.1, -0.05) is 31.6 Å². The molecule has 1 aliphatic carbocycles. The standard InChI is InChI=1S/C22H25N5S/c1-3-4-7-17(23)20-16(19-13-25-21(27(19)2)14-8-9-14)11-18(26-22(20)28)15-6-5-10-24-12-15/h5-7,10-14H,3-4,8-9,23H2,1-2H3,(H,26,28)/b17-7-. The molecule has 3 aromatic heterocycles. The number of nitrogens with zero attached hydrogens (tertiary/aromatic N) is 3. The summed E-state index contributed by atoms with van der Waals surface area (Å²) in [6.07, 6.45) is 12.0. The van der Waals surface area contributed by atoms with Crippen molar-refractivity contribution < 1.29 is 0 Å². The third-order valence-electron chi connectivity index (χ3n) is 5.19. The van der Waals surface area contributed by atoms with Crippen LogP contribution in [0.15, 0.2) is 42.9 Å². The minimum atomic E-state index is 0.575. The highest BCUT2D eigenvalue weighted by Gasteiger charge is 2.29. The molecule has 0 amide bonds. The second-order valence-electron chi connectivity index (χ2n) is 7.33. The van der Waals surface area contributed by atoms with Crippen LogP contribution in [0.4, 0.5) is 0 Å². The zero-order chi connectivity index (χ0) is 19.7. The van der Waals surface area contributed by atoms with Gasteiger partial charge in [-0.05, 0) is 37.5 Å². The number of unbranched alkanes of at least 4 members (excludes halogenated alkanes) is 1. The predicted octanol–water partition coefficient (Wildman–Crippen LogP) is 5.18. The van der Waals surface area contributed by atoms with E-state index in [4.69, 9.17) is 22.9 Å². The molecule has 1 fully saturated rings. The summed E-state index contributed by atoms with van der Waals surface area (Å²) < 4.78 is 2.82. The van der Waals surface area contributed by atoms with Gasteiger partial charge in [0.25, 0.3) is 0 Å². The van der Waals surface area contributed by atoms with E-state index in [1.165, 1.54) is 12.8 Å². The van der Waals surface area contributed by atoms with Crippen molar-refractivity contribution in [3.63, 3.8) is 0 Å². The largest absolute Gasteiger partial charge is 0.398 e. The van der Waals surface area contributed by atoms with Gasteiger partial charge in [-0.2, -0.15) is 0 Å². The number of rotatable bonds is 6. The van der Waals surface area contributed by atoms with Crippen LogP contribution in [-0.2, 0) is 7.05 Å². The van der Waals surface area contributed by atoms with Gasteiger partial charge in [-0.25, -0.2) is 4.98 Å². The van der Waals surface area contributed by atoms with Crippen LogP contribution in [-0.4, -0.2) is 19.5 Å². The van der Waals surface area contributed by atoms with Crippen molar-refractivity contribution in [3.05, 3.63) is 58.9 Å². The molecule has 0 bridgehead atoms.